The molecule has 2 saturated heterocycles. The van der Waals surface area contributed by atoms with Crippen molar-refractivity contribution in [2.45, 2.75) is 31.5 Å². The number of nitrogens with zero attached hydrogens (tertiary/aromatic N) is 3. The van der Waals surface area contributed by atoms with Crippen molar-refractivity contribution in [2.75, 3.05) is 26.3 Å². The average molecular weight is 351 g/mol. The second-order valence-corrected chi connectivity index (χ2v) is 7.10. The van der Waals surface area contributed by atoms with Crippen LogP contribution in [0.3, 0.4) is 0 Å². The van der Waals surface area contributed by atoms with E-state index in [1.165, 1.54) is 5.56 Å². The van der Waals surface area contributed by atoms with Gasteiger partial charge in [0.25, 0.3) is 5.91 Å². The van der Waals surface area contributed by atoms with E-state index in [0.29, 0.717) is 12.1 Å². The first-order valence-electron chi connectivity index (χ1n) is 9.38. The van der Waals surface area contributed by atoms with Gasteiger partial charge in [-0.1, -0.05) is 30.3 Å². The number of hydrogen-bond acceptors (Lipinski definition) is 4. The highest BCUT2D eigenvalue weighted by Crippen LogP contribution is 2.26. The molecular formula is C21H25N3O2. The summed E-state index contributed by atoms with van der Waals surface area (Å²) in [5.74, 6) is 0.107. The van der Waals surface area contributed by atoms with Crippen LogP contribution >= 0.6 is 0 Å². The molecule has 1 aromatic carbocycles. The topological polar surface area (TPSA) is 45.7 Å². The highest BCUT2D eigenvalue weighted by atomic mass is 16.5. The Morgan fingerprint density at radius 3 is 2.42 bits per heavy atom. The van der Waals surface area contributed by atoms with Gasteiger partial charge in [-0.2, -0.15) is 0 Å². The van der Waals surface area contributed by atoms with Crippen molar-refractivity contribution < 1.29 is 9.53 Å². The van der Waals surface area contributed by atoms with Gasteiger partial charge in [-0.15, -0.1) is 0 Å². The van der Waals surface area contributed by atoms with Crippen molar-refractivity contribution in [3.05, 3.63) is 66.0 Å². The van der Waals surface area contributed by atoms with Gasteiger partial charge < -0.3 is 9.64 Å². The molecule has 0 aliphatic carbocycles. The maximum absolute atomic E-state index is 12.6. The zero-order valence-corrected chi connectivity index (χ0v) is 15.0. The fourth-order valence-corrected chi connectivity index (χ4v) is 3.88. The maximum Gasteiger partial charge on any atom is 0.254 e. The van der Waals surface area contributed by atoms with E-state index in [9.17, 15) is 4.79 Å². The fourth-order valence-electron chi connectivity index (χ4n) is 3.88. The molecule has 0 radical (unpaired) electrons. The molecule has 5 nitrogen and oxygen atoms in total. The van der Waals surface area contributed by atoms with Gasteiger partial charge in [0.1, 0.15) is 0 Å². The molecule has 5 heteroatoms. The van der Waals surface area contributed by atoms with E-state index in [0.717, 1.165) is 51.3 Å². The van der Waals surface area contributed by atoms with Crippen LogP contribution in [-0.4, -0.2) is 59.1 Å². The van der Waals surface area contributed by atoms with Crippen LogP contribution in [0.2, 0.25) is 0 Å². The highest BCUT2D eigenvalue weighted by molar-refractivity contribution is 5.94. The molecule has 4 rings (SSSR count). The summed E-state index contributed by atoms with van der Waals surface area (Å²) in [4.78, 5) is 21.1. The maximum atomic E-state index is 12.6. The van der Waals surface area contributed by atoms with Crippen LogP contribution in [0.4, 0.5) is 0 Å². The smallest absolute Gasteiger partial charge is 0.254 e. The van der Waals surface area contributed by atoms with Crippen molar-refractivity contribution in [1.29, 1.82) is 0 Å². The molecule has 1 aromatic heterocycles. The van der Waals surface area contributed by atoms with Gasteiger partial charge in [-0.3, -0.25) is 14.7 Å². The van der Waals surface area contributed by atoms with E-state index in [1.807, 2.05) is 4.90 Å². The molecule has 0 atom stereocenters. The number of aromatic nitrogens is 1. The van der Waals surface area contributed by atoms with E-state index >= 15 is 0 Å². The number of pyridine rings is 1. The van der Waals surface area contributed by atoms with Gasteiger partial charge in [0, 0.05) is 62.9 Å². The molecule has 26 heavy (non-hydrogen) atoms. The number of benzene rings is 1. The molecule has 2 aliphatic rings. The second kappa shape index (κ2) is 7.98. The molecule has 2 aromatic rings. The van der Waals surface area contributed by atoms with Crippen molar-refractivity contribution in [3.8, 4) is 0 Å². The zero-order chi connectivity index (χ0) is 17.8. The number of carbonyl (C=O) groups is 1. The Morgan fingerprint density at radius 2 is 1.73 bits per heavy atom. The lowest BCUT2D eigenvalue weighted by atomic mass is 9.98. The lowest BCUT2D eigenvalue weighted by molar-refractivity contribution is -0.0289. The summed E-state index contributed by atoms with van der Waals surface area (Å²) in [7, 11) is 0. The molecule has 2 aliphatic heterocycles. The first kappa shape index (κ1) is 17.2. The largest absolute Gasteiger partial charge is 0.381 e. The van der Waals surface area contributed by atoms with Crippen LogP contribution in [0.5, 0.6) is 0 Å². The lowest BCUT2D eigenvalue weighted by Crippen LogP contribution is -2.63. The quantitative estimate of drug-likeness (QED) is 0.831. The molecule has 136 valence electrons. The molecule has 0 saturated carbocycles. The van der Waals surface area contributed by atoms with E-state index < -0.39 is 0 Å². The minimum atomic E-state index is 0.107. The van der Waals surface area contributed by atoms with Crippen LogP contribution in [-0.2, 0) is 11.3 Å². The third kappa shape index (κ3) is 3.79. The number of hydrogen-bond donors (Lipinski definition) is 0. The predicted octanol–water partition coefficient (Wildman–Crippen LogP) is 2.59. The van der Waals surface area contributed by atoms with Gasteiger partial charge in [0.2, 0.25) is 0 Å². The van der Waals surface area contributed by atoms with Gasteiger partial charge in [0.05, 0.1) is 0 Å². The number of amides is 1. The Morgan fingerprint density at radius 1 is 1.04 bits per heavy atom. The number of carbonyl (C=O) groups excluding carboxylic acids is 1. The summed E-state index contributed by atoms with van der Waals surface area (Å²) in [6, 6.07) is 15.1. The summed E-state index contributed by atoms with van der Waals surface area (Å²) < 4.78 is 5.55. The van der Waals surface area contributed by atoms with E-state index in [-0.39, 0.29) is 5.91 Å². The Bertz CT molecular complexity index is 711. The van der Waals surface area contributed by atoms with Crippen molar-refractivity contribution in [1.82, 2.24) is 14.8 Å². The molecule has 1 amide bonds. The third-order valence-electron chi connectivity index (χ3n) is 5.41. The lowest BCUT2D eigenvalue weighted by Gasteiger charge is -2.49. The summed E-state index contributed by atoms with van der Waals surface area (Å²) in [6.45, 7) is 4.20. The monoisotopic (exact) mass is 351 g/mol. The van der Waals surface area contributed by atoms with Gasteiger partial charge >= 0.3 is 0 Å². The number of ether oxygens (including phenoxy) is 1. The Kier molecular flexibility index (Phi) is 5.27. The van der Waals surface area contributed by atoms with Crippen LogP contribution in [0.15, 0.2) is 54.9 Å². The van der Waals surface area contributed by atoms with E-state index in [4.69, 9.17) is 4.74 Å². The Hall–Kier alpha value is -2.24. The Balaban J connectivity index is 1.43. The molecule has 0 bridgehead atoms. The van der Waals surface area contributed by atoms with E-state index in [2.05, 4.69) is 40.2 Å². The number of likely N-dealkylation sites (tertiary alicyclic amines) is 1. The SMILES string of the molecule is O=C(c1ccncc1)N1CC(N(Cc2ccccc2)C2CCOCC2)C1. The predicted molar refractivity (Wildman–Crippen MR) is 99.8 cm³/mol. The normalized spacial score (nSPS) is 18.7. The fraction of sp³-hybridized carbons (Fsp3) is 0.429. The van der Waals surface area contributed by atoms with Gasteiger partial charge in [-0.05, 0) is 30.5 Å². The van der Waals surface area contributed by atoms with Crippen LogP contribution in [0.1, 0.15) is 28.8 Å². The summed E-state index contributed by atoms with van der Waals surface area (Å²) in [6.07, 6.45) is 5.49. The van der Waals surface area contributed by atoms with Gasteiger partial charge in [0.15, 0.2) is 0 Å². The third-order valence-corrected chi connectivity index (χ3v) is 5.41. The molecule has 3 heterocycles. The van der Waals surface area contributed by atoms with Crippen molar-refractivity contribution in [3.63, 3.8) is 0 Å². The minimum absolute atomic E-state index is 0.107. The van der Waals surface area contributed by atoms with Crippen molar-refractivity contribution in [2.24, 2.45) is 0 Å². The first-order chi connectivity index (χ1) is 12.8. The highest BCUT2D eigenvalue weighted by Gasteiger charge is 2.38. The summed E-state index contributed by atoms with van der Waals surface area (Å²) >= 11 is 0. The molecule has 0 spiro atoms. The van der Waals surface area contributed by atoms with Crippen molar-refractivity contribution >= 4 is 5.91 Å². The minimum Gasteiger partial charge on any atom is -0.381 e. The zero-order valence-electron chi connectivity index (χ0n) is 15.0. The average Bonchev–Trinajstić information content (AvgIpc) is 2.68. The van der Waals surface area contributed by atoms with E-state index in [1.54, 1.807) is 24.5 Å². The molecule has 0 unspecified atom stereocenters. The van der Waals surface area contributed by atoms with Crippen LogP contribution in [0.25, 0.3) is 0 Å². The second-order valence-electron chi connectivity index (χ2n) is 7.10. The molecule has 0 N–H and O–H groups in total. The van der Waals surface area contributed by atoms with Crippen LogP contribution < -0.4 is 0 Å². The molecule has 2 fully saturated rings. The standard InChI is InChI=1S/C21H25N3O2/c25-21(18-6-10-22-11-7-18)23-15-20(16-23)24(19-8-12-26-13-9-19)14-17-4-2-1-3-5-17/h1-7,10-11,19-20H,8-9,12-16H2. The number of rotatable bonds is 5. The summed E-state index contributed by atoms with van der Waals surface area (Å²) in [5.41, 5.74) is 2.05. The summed E-state index contributed by atoms with van der Waals surface area (Å²) in [5, 5.41) is 0. The van der Waals surface area contributed by atoms with Gasteiger partial charge in [-0.25, -0.2) is 0 Å². The Labute approximate surface area is 154 Å². The van der Waals surface area contributed by atoms with Crippen LogP contribution in [0, 0.1) is 0 Å². The first-order valence-corrected chi connectivity index (χ1v) is 9.38. The molecular weight excluding hydrogens is 326 g/mol.